The summed E-state index contributed by atoms with van der Waals surface area (Å²) in [6.07, 6.45) is 1.00. The van der Waals surface area contributed by atoms with Gasteiger partial charge >= 0.3 is 0 Å². The van der Waals surface area contributed by atoms with Crippen LogP contribution in [0.2, 0.25) is 0 Å². The number of piperidine rings is 1. The second-order valence-corrected chi connectivity index (χ2v) is 8.26. The van der Waals surface area contributed by atoms with Crippen LogP contribution in [0.25, 0.3) is 0 Å². The first kappa shape index (κ1) is 23.4. The van der Waals surface area contributed by atoms with Crippen molar-refractivity contribution in [3.63, 3.8) is 0 Å². The lowest BCUT2D eigenvalue weighted by Gasteiger charge is -2.36. The van der Waals surface area contributed by atoms with Gasteiger partial charge in [0.1, 0.15) is 17.7 Å². The molecule has 3 amide bonds. The third kappa shape index (κ3) is 5.90. The van der Waals surface area contributed by atoms with Gasteiger partial charge in [-0.2, -0.15) is 0 Å². The Bertz CT molecular complexity index is 971. The molecule has 0 unspecified atom stereocenters. The molecule has 0 aromatic heterocycles. The van der Waals surface area contributed by atoms with E-state index in [0.29, 0.717) is 25.9 Å². The molecule has 1 heterocycles. The monoisotopic (exact) mass is 443 g/mol. The molecule has 1 saturated heterocycles. The molecule has 0 aliphatic carbocycles. The van der Waals surface area contributed by atoms with Crippen LogP contribution in [0.5, 0.6) is 0 Å². The van der Waals surface area contributed by atoms with Crippen molar-refractivity contribution < 1.29 is 23.2 Å². The highest BCUT2D eigenvalue weighted by Crippen LogP contribution is 2.23. The highest BCUT2D eigenvalue weighted by molar-refractivity contribution is 5.97. The van der Waals surface area contributed by atoms with Gasteiger partial charge in [-0.05, 0) is 75.1 Å². The molecule has 170 valence electrons. The van der Waals surface area contributed by atoms with Gasteiger partial charge in [-0.1, -0.05) is 6.07 Å². The molecule has 0 bridgehead atoms. The summed E-state index contributed by atoms with van der Waals surface area (Å²) in [6.45, 7) is 4.43. The van der Waals surface area contributed by atoms with Crippen molar-refractivity contribution in [1.29, 1.82) is 0 Å². The number of carbonyl (C=O) groups is 3. The van der Waals surface area contributed by atoms with Gasteiger partial charge in [0, 0.05) is 30.3 Å². The summed E-state index contributed by atoms with van der Waals surface area (Å²) >= 11 is 0. The summed E-state index contributed by atoms with van der Waals surface area (Å²) in [6, 6.07) is 9.75. The summed E-state index contributed by atoms with van der Waals surface area (Å²) in [5.41, 5.74) is 0.537. The topological polar surface area (TPSA) is 78.5 Å². The predicted octanol–water partition coefficient (Wildman–Crippen LogP) is 3.14. The number of hydrogen-bond donors (Lipinski definition) is 2. The van der Waals surface area contributed by atoms with E-state index >= 15 is 0 Å². The van der Waals surface area contributed by atoms with Crippen LogP contribution in [0.3, 0.4) is 0 Å². The Kier molecular flexibility index (Phi) is 7.56. The average Bonchev–Trinajstić information content (AvgIpc) is 2.77. The van der Waals surface area contributed by atoms with Gasteiger partial charge in [-0.15, -0.1) is 0 Å². The lowest BCUT2D eigenvalue weighted by atomic mass is 9.88. The quantitative estimate of drug-likeness (QED) is 0.720. The summed E-state index contributed by atoms with van der Waals surface area (Å²) < 4.78 is 26.6. The van der Waals surface area contributed by atoms with E-state index in [1.165, 1.54) is 42.5 Å². The fourth-order valence-corrected chi connectivity index (χ4v) is 3.84. The maximum atomic E-state index is 13.5. The van der Waals surface area contributed by atoms with Crippen molar-refractivity contribution >= 4 is 17.7 Å². The standard InChI is InChI=1S/C24H27F2N3O3/c1-15(2)27-23(31)21(28-22(30)17-6-8-19(25)9-7-17)16-10-12-29(13-11-16)24(32)18-4-3-5-20(26)14-18/h3-9,14-16,21H,10-13H2,1-2H3,(H,27,31)(H,28,30)/t21-/m1/s1. The zero-order valence-corrected chi connectivity index (χ0v) is 18.1. The number of hydrogen-bond acceptors (Lipinski definition) is 3. The zero-order valence-electron chi connectivity index (χ0n) is 18.1. The molecular formula is C24H27F2N3O3. The Labute approximate surface area is 186 Å². The van der Waals surface area contributed by atoms with E-state index in [0.717, 1.165) is 0 Å². The molecule has 1 fully saturated rings. The van der Waals surface area contributed by atoms with Crippen LogP contribution < -0.4 is 10.6 Å². The van der Waals surface area contributed by atoms with E-state index in [2.05, 4.69) is 10.6 Å². The lowest BCUT2D eigenvalue weighted by molar-refractivity contribution is -0.125. The molecule has 6 nitrogen and oxygen atoms in total. The van der Waals surface area contributed by atoms with Crippen LogP contribution in [0.1, 0.15) is 47.4 Å². The third-order valence-corrected chi connectivity index (χ3v) is 5.48. The Hall–Kier alpha value is -3.29. The molecule has 32 heavy (non-hydrogen) atoms. The van der Waals surface area contributed by atoms with E-state index in [1.54, 1.807) is 11.0 Å². The van der Waals surface area contributed by atoms with E-state index in [9.17, 15) is 23.2 Å². The predicted molar refractivity (Wildman–Crippen MR) is 116 cm³/mol. The van der Waals surface area contributed by atoms with Gasteiger partial charge in [-0.3, -0.25) is 14.4 Å². The average molecular weight is 443 g/mol. The van der Waals surface area contributed by atoms with Crippen molar-refractivity contribution in [3.8, 4) is 0 Å². The molecule has 0 radical (unpaired) electrons. The Balaban J connectivity index is 1.69. The molecule has 0 spiro atoms. The van der Waals surface area contributed by atoms with E-state index in [4.69, 9.17) is 0 Å². The molecule has 3 rings (SSSR count). The summed E-state index contributed by atoms with van der Waals surface area (Å²) in [4.78, 5) is 39.8. The van der Waals surface area contributed by atoms with Crippen LogP contribution >= 0.6 is 0 Å². The largest absolute Gasteiger partial charge is 0.352 e. The molecule has 2 aromatic rings. The van der Waals surface area contributed by atoms with Gasteiger partial charge in [0.2, 0.25) is 5.91 Å². The Morgan fingerprint density at radius 1 is 0.906 bits per heavy atom. The lowest BCUT2D eigenvalue weighted by Crippen LogP contribution is -2.54. The first-order chi connectivity index (χ1) is 15.2. The number of amides is 3. The third-order valence-electron chi connectivity index (χ3n) is 5.48. The van der Waals surface area contributed by atoms with Gasteiger partial charge < -0.3 is 15.5 Å². The normalized spacial score (nSPS) is 15.3. The minimum absolute atomic E-state index is 0.109. The maximum Gasteiger partial charge on any atom is 0.253 e. The number of likely N-dealkylation sites (tertiary alicyclic amines) is 1. The first-order valence-corrected chi connectivity index (χ1v) is 10.7. The summed E-state index contributed by atoms with van der Waals surface area (Å²) in [7, 11) is 0. The molecule has 1 aliphatic heterocycles. The van der Waals surface area contributed by atoms with Gasteiger partial charge in [0.25, 0.3) is 11.8 Å². The molecule has 2 N–H and O–H groups in total. The van der Waals surface area contributed by atoms with Crippen LogP contribution in [-0.2, 0) is 4.79 Å². The van der Waals surface area contributed by atoms with Crippen LogP contribution in [0.4, 0.5) is 8.78 Å². The van der Waals surface area contributed by atoms with Crippen molar-refractivity contribution in [2.24, 2.45) is 5.92 Å². The van der Waals surface area contributed by atoms with Crippen LogP contribution in [0, 0.1) is 17.6 Å². The second kappa shape index (κ2) is 10.3. The van der Waals surface area contributed by atoms with Crippen LogP contribution in [0.15, 0.2) is 48.5 Å². The highest BCUT2D eigenvalue weighted by Gasteiger charge is 2.34. The van der Waals surface area contributed by atoms with Crippen molar-refractivity contribution in [3.05, 3.63) is 71.3 Å². The molecule has 2 aromatic carbocycles. The Morgan fingerprint density at radius 3 is 2.16 bits per heavy atom. The number of carbonyl (C=O) groups excluding carboxylic acids is 3. The van der Waals surface area contributed by atoms with E-state index in [1.807, 2.05) is 13.8 Å². The minimum atomic E-state index is -0.790. The van der Waals surface area contributed by atoms with Gasteiger partial charge in [-0.25, -0.2) is 8.78 Å². The number of halogens is 2. The van der Waals surface area contributed by atoms with Crippen molar-refractivity contribution in [1.82, 2.24) is 15.5 Å². The van der Waals surface area contributed by atoms with Gasteiger partial charge in [0.15, 0.2) is 0 Å². The number of benzene rings is 2. The fourth-order valence-electron chi connectivity index (χ4n) is 3.84. The fraction of sp³-hybridized carbons (Fsp3) is 0.375. The number of nitrogens with one attached hydrogen (secondary N) is 2. The van der Waals surface area contributed by atoms with Gasteiger partial charge in [0.05, 0.1) is 0 Å². The van der Waals surface area contributed by atoms with Crippen molar-refractivity contribution in [2.75, 3.05) is 13.1 Å². The zero-order chi connectivity index (χ0) is 23.3. The number of nitrogens with zero attached hydrogens (tertiary/aromatic N) is 1. The highest BCUT2D eigenvalue weighted by atomic mass is 19.1. The SMILES string of the molecule is CC(C)NC(=O)[C@H](NC(=O)c1ccc(F)cc1)C1CCN(C(=O)c2cccc(F)c2)CC1. The van der Waals surface area contributed by atoms with E-state index < -0.39 is 23.6 Å². The molecule has 1 atom stereocenters. The van der Waals surface area contributed by atoms with Crippen molar-refractivity contribution in [2.45, 2.75) is 38.8 Å². The second-order valence-electron chi connectivity index (χ2n) is 8.26. The number of rotatable bonds is 6. The molecule has 1 aliphatic rings. The smallest absolute Gasteiger partial charge is 0.253 e. The molecule has 0 saturated carbocycles. The Morgan fingerprint density at radius 2 is 1.56 bits per heavy atom. The summed E-state index contributed by atoms with van der Waals surface area (Å²) in [5, 5.41) is 5.62. The maximum absolute atomic E-state index is 13.5. The first-order valence-electron chi connectivity index (χ1n) is 10.7. The van der Waals surface area contributed by atoms with Crippen LogP contribution in [-0.4, -0.2) is 47.8 Å². The minimum Gasteiger partial charge on any atom is -0.352 e. The summed E-state index contributed by atoms with van der Waals surface area (Å²) in [5.74, 6) is -2.14. The molecule has 8 heteroatoms. The molecular weight excluding hydrogens is 416 g/mol. The van der Waals surface area contributed by atoms with E-state index in [-0.39, 0.29) is 34.9 Å².